The lowest BCUT2D eigenvalue weighted by atomic mass is 9.76. The fourth-order valence-electron chi connectivity index (χ4n) is 5.22. The zero-order valence-electron chi connectivity index (χ0n) is 19.0. The van der Waals surface area contributed by atoms with Crippen LogP contribution < -0.4 is 14.4 Å². The summed E-state index contributed by atoms with van der Waals surface area (Å²) in [4.78, 5) is 18.5. The van der Waals surface area contributed by atoms with Gasteiger partial charge < -0.3 is 14.4 Å². The molecule has 0 aromatic heterocycles. The van der Waals surface area contributed by atoms with E-state index in [4.69, 9.17) is 9.47 Å². The number of amides is 1. The Kier molecular flexibility index (Phi) is 4.94. The van der Waals surface area contributed by atoms with Crippen LogP contribution in [0.15, 0.2) is 60.7 Å². The quantitative estimate of drug-likeness (QED) is 0.622. The molecule has 0 saturated heterocycles. The Morgan fingerprint density at radius 3 is 2.34 bits per heavy atom. The summed E-state index contributed by atoms with van der Waals surface area (Å²) in [7, 11) is 5.33. The molecule has 0 aliphatic carbocycles. The first-order valence-electron chi connectivity index (χ1n) is 10.9. The van der Waals surface area contributed by atoms with E-state index >= 15 is 0 Å². The molecule has 1 unspecified atom stereocenters. The highest BCUT2D eigenvalue weighted by Crippen LogP contribution is 2.52. The Morgan fingerprint density at radius 1 is 0.938 bits per heavy atom. The summed E-state index contributed by atoms with van der Waals surface area (Å²) < 4.78 is 11.2. The number of benzene rings is 3. The highest BCUT2D eigenvalue weighted by Gasteiger charge is 2.57. The van der Waals surface area contributed by atoms with Crippen molar-refractivity contribution in [3.8, 4) is 11.5 Å². The van der Waals surface area contributed by atoms with Gasteiger partial charge >= 0.3 is 0 Å². The second-order valence-electron chi connectivity index (χ2n) is 8.64. The zero-order valence-corrected chi connectivity index (χ0v) is 19.0. The number of ether oxygens (including phenoxy) is 2. The summed E-state index contributed by atoms with van der Waals surface area (Å²) in [6, 6.07) is 20.6. The van der Waals surface area contributed by atoms with Crippen molar-refractivity contribution in [1.82, 2.24) is 4.90 Å². The highest BCUT2D eigenvalue weighted by atomic mass is 16.5. The van der Waals surface area contributed by atoms with Crippen molar-refractivity contribution in [2.75, 3.05) is 32.7 Å². The molecule has 2 heterocycles. The van der Waals surface area contributed by atoms with Crippen molar-refractivity contribution in [2.24, 2.45) is 0 Å². The molecule has 1 spiro atoms. The molecule has 5 rings (SSSR count). The van der Waals surface area contributed by atoms with Crippen LogP contribution in [0.3, 0.4) is 0 Å². The molecule has 1 amide bonds. The van der Waals surface area contributed by atoms with E-state index in [0.717, 1.165) is 40.9 Å². The summed E-state index contributed by atoms with van der Waals surface area (Å²) in [6.07, 6.45) is 0.849. The molecule has 2 aliphatic rings. The van der Waals surface area contributed by atoms with Crippen molar-refractivity contribution in [1.29, 1.82) is 0 Å². The molecule has 1 atom stereocenters. The van der Waals surface area contributed by atoms with Gasteiger partial charge in [0.15, 0.2) is 17.0 Å². The van der Waals surface area contributed by atoms with Gasteiger partial charge in [0.2, 0.25) is 0 Å². The highest BCUT2D eigenvalue weighted by molar-refractivity contribution is 6.10. The van der Waals surface area contributed by atoms with Crippen molar-refractivity contribution >= 4 is 11.6 Å². The van der Waals surface area contributed by atoms with Gasteiger partial charge in [0.1, 0.15) is 0 Å². The van der Waals surface area contributed by atoms with Gasteiger partial charge in [0.25, 0.3) is 5.91 Å². The maximum atomic E-state index is 14.4. The molecule has 5 heteroatoms. The van der Waals surface area contributed by atoms with E-state index in [1.165, 1.54) is 5.56 Å². The van der Waals surface area contributed by atoms with Gasteiger partial charge in [0.05, 0.1) is 26.5 Å². The van der Waals surface area contributed by atoms with Gasteiger partial charge in [-0.15, -0.1) is 0 Å². The Labute approximate surface area is 189 Å². The topological polar surface area (TPSA) is 42.0 Å². The number of aryl methyl sites for hydroxylation is 1. The van der Waals surface area contributed by atoms with Crippen LogP contribution in [0.4, 0.5) is 5.69 Å². The summed E-state index contributed by atoms with van der Waals surface area (Å²) in [5.41, 5.74) is 5.53. The van der Waals surface area contributed by atoms with Crippen LogP contribution in [0.1, 0.15) is 27.8 Å². The molecule has 2 aliphatic heterocycles. The van der Waals surface area contributed by atoms with E-state index in [2.05, 4.69) is 48.2 Å². The molecule has 0 N–H and O–H groups in total. The lowest BCUT2D eigenvalue weighted by Crippen LogP contribution is -2.55. The molecular weight excluding hydrogens is 400 g/mol. The normalized spacial score (nSPS) is 19.8. The minimum Gasteiger partial charge on any atom is -0.493 e. The predicted octanol–water partition coefficient (Wildman–Crippen LogP) is 4.29. The summed E-state index contributed by atoms with van der Waals surface area (Å²) in [5, 5.41) is 0. The van der Waals surface area contributed by atoms with E-state index in [0.29, 0.717) is 18.0 Å². The van der Waals surface area contributed by atoms with Crippen LogP contribution in [0.25, 0.3) is 0 Å². The van der Waals surface area contributed by atoms with Gasteiger partial charge in [-0.3, -0.25) is 9.69 Å². The molecule has 164 valence electrons. The standard InChI is InChI=1S/C27H28N2O3/c1-18-9-11-19(12-10-18)17-29-23-8-6-5-7-21(23)27(26(29)30)22-16-25(32-4)24(31-3)15-20(22)13-14-28(27)2/h5-12,15-16H,13-14,17H2,1-4H3. The number of carbonyl (C=O) groups excluding carboxylic acids is 1. The van der Waals surface area contributed by atoms with E-state index < -0.39 is 5.54 Å². The number of fused-ring (bicyclic) bond motifs is 4. The van der Waals surface area contributed by atoms with E-state index in [1.807, 2.05) is 36.2 Å². The second-order valence-corrected chi connectivity index (χ2v) is 8.64. The fourth-order valence-corrected chi connectivity index (χ4v) is 5.22. The third-order valence-electron chi connectivity index (χ3n) is 6.89. The van der Waals surface area contributed by atoms with Gasteiger partial charge in [-0.2, -0.15) is 0 Å². The maximum Gasteiger partial charge on any atom is 0.257 e. The van der Waals surface area contributed by atoms with Crippen LogP contribution in [-0.4, -0.2) is 38.6 Å². The molecule has 32 heavy (non-hydrogen) atoms. The van der Waals surface area contributed by atoms with E-state index in [1.54, 1.807) is 14.2 Å². The minimum absolute atomic E-state index is 0.0787. The van der Waals surface area contributed by atoms with E-state index in [-0.39, 0.29) is 5.91 Å². The summed E-state index contributed by atoms with van der Waals surface area (Å²) >= 11 is 0. The average Bonchev–Trinajstić information content (AvgIpc) is 3.06. The van der Waals surface area contributed by atoms with Gasteiger partial charge in [-0.05, 0) is 55.3 Å². The number of methoxy groups -OCH3 is 2. The average molecular weight is 429 g/mol. The Morgan fingerprint density at radius 2 is 1.62 bits per heavy atom. The number of hydrogen-bond donors (Lipinski definition) is 0. The maximum absolute atomic E-state index is 14.4. The molecular formula is C27H28N2O3. The number of carbonyl (C=O) groups is 1. The Hall–Kier alpha value is -3.31. The number of anilines is 1. The molecule has 5 nitrogen and oxygen atoms in total. The molecule has 3 aromatic carbocycles. The number of nitrogens with zero attached hydrogens (tertiary/aromatic N) is 2. The van der Waals surface area contributed by atoms with Crippen LogP contribution in [0, 0.1) is 6.92 Å². The monoisotopic (exact) mass is 428 g/mol. The van der Waals surface area contributed by atoms with E-state index in [9.17, 15) is 4.79 Å². The first-order valence-corrected chi connectivity index (χ1v) is 10.9. The molecule has 0 fully saturated rings. The lowest BCUT2D eigenvalue weighted by molar-refractivity contribution is -0.127. The zero-order chi connectivity index (χ0) is 22.5. The number of hydrogen-bond acceptors (Lipinski definition) is 4. The number of para-hydroxylation sites is 1. The molecule has 3 aromatic rings. The van der Waals surface area contributed by atoms with Crippen LogP contribution in [0.2, 0.25) is 0 Å². The Bertz CT molecular complexity index is 1190. The van der Waals surface area contributed by atoms with Gasteiger partial charge in [-0.1, -0.05) is 48.0 Å². The first kappa shape index (κ1) is 20.6. The predicted molar refractivity (Wildman–Crippen MR) is 125 cm³/mol. The summed E-state index contributed by atoms with van der Waals surface area (Å²) in [5.74, 6) is 1.42. The third-order valence-corrected chi connectivity index (χ3v) is 6.89. The largest absolute Gasteiger partial charge is 0.493 e. The molecule has 0 bridgehead atoms. The van der Waals surface area contributed by atoms with Gasteiger partial charge in [-0.25, -0.2) is 0 Å². The smallest absolute Gasteiger partial charge is 0.257 e. The third kappa shape index (κ3) is 2.84. The summed E-state index contributed by atoms with van der Waals surface area (Å²) in [6.45, 7) is 3.39. The number of rotatable bonds is 4. The van der Waals surface area contributed by atoms with Crippen molar-refractivity contribution in [3.05, 3.63) is 88.5 Å². The van der Waals surface area contributed by atoms with Crippen LogP contribution in [0.5, 0.6) is 11.5 Å². The molecule has 0 saturated carbocycles. The van der Waals surface area contributed by atoms with Crippen molar-refractivity contribution in [3.63, 3.8) is 0 Å². The number of likely N-dealkylation sites (N-methyl/N-ethyl adjacent to an activating group) is 1. The van der Waals surface area contributed by atoms with Crippen LogP contribution in [-0.2, 0) is 23.3 Å². The lowest BCUT2D eigenvalue weighted by Gasteiger charge is -2.43. The first-order chi connectivity index (χ1) is 15.5. The Balaban J connectivity index is 1.71. The van der Waals surface area contributed by atoms with Gasteiger partial charge in [0, 0.05) is 12.1 Å². The second kappa shape index (κ2) is 7.68. The SMILES string of the molecule is COc1cc2c(cc1OC)C1(C(=O)N(Cc3ccc(C)cc3)c3ccccc31)N(C)CC2. The molecule has 0 radical (unpaired) electrons. The fraction of sp³-hybridized carbons (Fsp3) is 0.296. The van der Waals surface area contributed by atoms with Crippen molar-refractivity contribution in [2.45, 2.75) is 25.4 Å². The minimum atomic E-state index is -0.881. The van der Waals surface area contributed by atoms with Crippen LogP contribution >= 0.6 is 0 Å². The van der Waals surface area contributed by atoms with Crippen molar-refractivity contribution < 1.29 is 14.3 Å².